The van der Waals surface area contributed by atoms with E-state index in [0.29, 0.717) is 6.61 Å². The van der Waals surface area contributed by atoms with Crippen LogP contribution in [0.2, 0.25) is 0 Å². The van der Waals surface area contributed by atoms with Crippen LogP contribution in [0.25, 0.3) is 16.7 Å². The van der Waals surface area contributed by atoms with E-state index in [1.54, 1.807) is 0 Å². The Morgan fingerprint density at radius 1 is 1.00 bits per heavy atom. The highest BCUT2D eigenvalue weighted by Gasteiger charge is 2.41. The molecule has 1 aliphatic carbocycles. The van der Waals surface area contributed by atoms with Crippen molar-refractivity contribution in [3.63, 3.8) is 0 Å². The smallest absolute Gasteiger partial charge is 0.410 e. The summed E-state index contributed by atoms with van der Waals surface area (Å²) in [5.74, 6) is 0.0959. The molecule has 1 aromatic heterocycles. The Kier molecular flexibility index (Phi) is 4.60. The summed E-state index contributed by atoms with van der Waals surface area (Å²) in [4.78, 5) is 19.6. The number of carbonyl (C=O) groups excluding carboxylic acids is 1. The summed E-state index contributed by atoms with van der Waals surface area (Å²) >= 11 is 0. The Hall–Kier alpha value is -3.40. The fraction of sp³-hybridized carbons (Fsp3) is 0.286. The van der Waals surface area contributed by atoms with Crippen LogP contribution in [0.15, 0.2) is 72.9 Å². The number of aryl methyl sites for hydroxylation is 1. The number of pyridine rings is 1. The van der Waals surface area contributed by atoms with Gasteiger partial charge in [-0.05, 0) is 65.6 Å². The van der Waals surface area contributed by atoms with Gasteiger partial charge in [0.05, 0.1) is 6.04 Å². The first-order chi connectivity index (χ1) is 15.7. The van der Waals surface area contributed by atoms with Gasteiger partial charge in [0.15, 0.2) is 0 Å². The summed E-state index contributed by atoms with van der Waals surface area (Å²) < 4.78 is 5.96. The van der Waals surface area contributed by atoms with Crippen molar-refractivity contribution in [2.24, 2.45) is 0 Å². The van der Waals surface area contributed by atoms with Crippen molar-refractivity contribution in [1.29, 1.82) is 0 Å². The zero-order valence-electron chi connectivity index (χ0n) is 18.2. The van der Waals surface area contributed by atoms with Crippen molar-refractivity contribution in [3.8, 4) is 11.1 Å². The Bertz CT molecular complexity index is 1170. The number of ether oxygens (including phenoxy) is 1. The quantitative estimate of drug-likeness (QED) is 0.523. The van der Waals surface area contributed by atoms with E-state index in [0.717, 1.165) is 25.0 Å². The Morgan fingerprint density at radius 2 is 1.72 bits per heavy atom. The van der Waals surface area contributed by atoms with Gasteiger partial charge in [0.25, 0.3) is 0 Å². The monoisotopic (exact) mass is 422 g/mol. The van der Waals surface area contributed by atoms with Gasteiger partial charge in [-0.2, -0.15) is 0 Å². The van der Waals surface area contributed by atoms with Crippen molar-refractivity contribution in [3.05, 3.63) is 95.3 Å². The maximum Gasteiger partial charge on any atom is 0.410 e. The molecule has 160 valence electrons. The van der Waals surface area contributed by atoms with Gasteiger partial charge >= 0.3 is 6.09 Å². The van der Waals surface area contributed by atoms with Crippen LogP contribution in [0.4, 0.5) is 4.79 Å². The van der Waals surface area contributed by atoms with Crippen molar-refractivity contribution in [1.82, 2.24) is 9.88 Å². The second kappa shape index (κ2) is 7.63. The summed E-state index contributed by atoms with van der Waals surface area (Å²) in [5.41, 5.74) is 8.48. The van der Waals surface area contributed by atoms with Crippen molar-refractivity contribution in [2.75, 3.05) is 6.61 Å². The average Bonchev–Trinajstić information content (AvgIpc) is 3.29. The molecule has 6 rings (SSSR count). The molecule has 2 bridgehead atoms. The number of hydrogen-bond donors (Lipinski definition) is 0. The zero-order valence-corrected chi connectivity index (χ0v) is 18.2. The van der Waals surface area contributed by atoms with Gasteiger partial charge in [-0.3, -0.25) is 9.88 Å². The third-order valence-electron chi connectivity index (χ3n) is 7.22. The minimum absolute atomic E-state index is 0.0959. The normalized spacial score (nSPS) is 21.2. The molecule has 2 aromatic carbocycles. The molecule has 0 spiro atoms. The molecule has 2 atom stereocenters. The molecule has 32 heavy (non-hydrogen) atoms. The number of carbonyl (C=O) groups is 1. The average molecular weight is 423 g/mol. The van der Waals surface area contributed by atoms with E-state index >= 15 is 0 Å². The van der Waals surface area contributed by atoms with Crippen LogP contribution in [0.1, 0.15) is 47.6 Å². The second-order valence-corrected chi connectivity index (χ2v) is 9.09. The number of fused-ring (bicyclic) bond motifs is 5. The van der Waals surface area contributed by atoms with Gasteiger partial charge in [0.1, 0.15) is 6.61 Å². The third-order valence-corrected chi connectivity index (χ3v) is 7.22. The standard InChI is InChI=1S/C28H26N2O2/c1-18-10-11-19(16-29-18)20-14-21-12-13-22(15-20)30(21)28(31)32-17-27-25-8-4-2-6-23(25)24-7-3-5-9-26(24)27/h2-11,14,16,21-22,27H,12-13,15,17H2,1H3. The predicted octanol–water partition coefficient (Wildman–Crippen LogP) is 5.96. The topological polar surface area (TPSA) is 42.4 Å². The lowest BCUT2D eigenvalue weighted by atomic mass is 9.96. The number of benzene rings is 2. The Morgan fingerprint density at radius 3 is 2.38 bits per heavy atom. The van der Waals surface area contributed by atoms with Gasteiger partial charge in [-0.15, -0.1) is 0 Å². The maximum absolute atomic E-state index is 13.2. The maximum atomic E-state index is 13.2. The highest BCUT2D eigenvalue weighted by atomic mass is 16.6. The van der Waals surface area contributed by atoms with Crippen LogP contribution in [0.5, 0.6) is 0 Å². The summed E-state index contributed by atoms with van der Waals surface area (Å²) in [5, 5.41) is 0. The van der Waals surface area contributed by atoms with Crippen molar-refractivity contribution in [2.45, 2.75) is 44.2 Å². The van der Waals surface area contributed by atoms with Crippen molar-refractivity contribution < 1.29 is 9.53 Å². The Labute approximate surface area is 188 Å². The molecule has 3 aliphatic rings. The summed E-state index contributed by atoms with van der Waals surface area (Å²) in [6.07, 6.45) is 6.90. The molecule has 3 aromatic rings. The molecule has 0 saturated carbocycles. The van der Waals surface area contributed by atoms with Crippen LogP contribution >= 0.6 is 0 Å². The largest absolute Gasteiger partial charge is 0.448 e. The molecule has 0 radical (unpaired) electrons. The van der Waals surface area contributed by atoms with E-state index in [1.165, 1.54) is 33.4 Å². The molecule has 3 heterocycles. The molecular weight excluding hydrogens is 396 g/mol. The molecule has 1 fully saturated rings. The molecule has 1 saturated heterocycles. The first-order valence-electron chi connectivity index (χ1n) is 11.5. The van der Waals surface area contributed by atoms with Gasteiger partial charge in [0.2, 0.25) is 0 Å². The summed E-state index contributed by atoms with van der Waals surface area (Å²) in [7, 11) is 0. The molecular formula is C28H26N2O2. The van der Waals surface area contributed by atoms with Gasteiger partial charge in [0, 0.05) is 23.9 Å². The van der Waals surface area contributed by atoms with Gasteiger partial charge < -0.3 is 4.74 Å². The molecule has 4 nitrogen and oxygen atoms in total. The highest BCUT2D eigenvalue weighted by molar-refractivity contribution is 5.79. The van der Waals surface area contributed by atoms with E-state index in [1.807, 2.05) is 18.0 Å². The number of rotatable bonds is 3. The number of nitrogens with zero attached hydrogens (tertiary/aromatic N) is 2. The fourth-order valence-corrected chi connectivity index (χ4v) is 5.66. The predicted molar refractivity (Wildman–Crippen MR) is 125 cm³/mol. The molecule has 0 N–H and O–H groups in total. The number of hydrogen-bond acceptors (Lipinski definition) is 3. The summed E-state index contributed by atoms with van der Waals surface area (Å²) in [6.45, 7) is 2.38. The van der Waals surface area contributed by atoms with E-state index in [-0.39, 0.29) is 24.1 Å². The van der Waals surface area contributed by atoms with Crippen LogP contribution < -0.4 is 0 Å². The molecule has 2 aliphatic heterocycles. The first-order valence-corrected chi connectivity index (χ1v) is 11.5. The van der Waals surface area contributed by atoms with Crippen molar-refractivity contribution >= 4 is 11.7 Å². The molecule has 2 unspecified atom stereocenters. The minimum atomic E-state index is -0.184. The minimum Gasteiger partial charge on any atom is -0.448 e. The summed E-state index contributed by atoms with van der Waals surface area (Å²) in [6, 6.07) is 21.4. The third kappa shape index (κ3) is 3.13. The second-order valence-electron chi connectivity index (χ2n) is 9.09. The highest BCUT2D eigenvalue weighted by Crippen LogP contribution is 2.45. The SMILES string of the molecule is Cc1ccc(C2=CC3CCC(C2)N3C(=O)OCC2c3ccccc3-c3ccccc32)cn1. The Balaban J connectivity index is 1.20. The lowest BCUT2D eigenvalue weighted by Crippen LogP contribution is -2.43. The first kappa shape index (κ1) is 19.3. The fourth-order valence-electron chi connectivity index (χ4n) is 5.66. The lowest BCUT2D eigenvalue weighted by molar-refractivity contribution is 0.0866. The number of amides is 1. The van der Waals surface area contributed by atoms with Crippen LogP contribution in [-0.4, -0.2) is 34.7 Å². The zero-order chi connectivity index (χ0) is 21.7. The lowest BCUT2D eigenvalue weighted by Gasteiger charge is -2.33. The molecule has 4 heteroatoms. The van der Waals surface area contributed by atoms with Crippen LogP contribution in [0, 0.1) is 6.92 Å². The van der Waals surface area contributed by atoms with E-state index < -0.39 is 0 Å². The number of aromatic nitrogens is 1. The van der Waals surface area contributed by atoms with Gasteiger partial charge in [-0.25, -0.2) is 4.79 Å². The van der Waals surface area contributed by atoms with E-state index in [9.17, 15) is 4.79 Å². The van der Waals surface area contributed by atoms with E-state index in [4.69, 9.17) is 4.74 Å². The van der Waals surface area contributed by atoms with Gasteiger partial charge in [-0.1, -0.05) is 60.7 Å². The molecule has 1 amide bonds. The van der Waals surface area contributed by atoms with Crippen LogP contribution in [0.3, 0.4) is 0 Å². The van der Waals surface area contributed by atoms with Crippen LogP contribution in [-0.2, 0) is 4.74 Å². The van der Waals surface area contributed by atoms with E-state index in [2.05, 4.69) is 71.7 Å².